The van der Waals surface area contributed by atoms with Gasteiger partial charge >= 0.3 is 0 Å². The number of aromatic nitrogens is 2. The summed E-state index contributed by atoms with van der Waals surface area (Å²) < 4.78 is 29.7. The molecule has 0 fully saturated rings. The Morgan fingerprint density at radius 2 is 1.67 bits per heavy atom. The van der Waals surface area contributed by atoms with Crippen LogP contribution in [0.5, 0.6) is 0 Å². The Morgan fingerprint density at radius 1 is 1.00 bits per heavy atom. The summed E-state index contributed by atoms with van der Waals surface area (Å²) in [6.07, 6.45) is 0. The smallest absolute Gasteiger partial charge is 0.135 e. The summed E-state index contributed by atoms with van der Waals surface area (Å²) in [6.45, 7) is 0. The van der Waals surface area contributed by atoms with E-state index in [1.165, 1.54) is 22.9 Å². The van der Waals surface area contributed by atoms with Gasteiger partial charge in [0.25, 0.3) is 0 Å². The summed E-state index contributed by atoms with van der Waals surface area (Å²) in [6, 6.07) is 12.3. The number of hydrogen-bond acceptors (Lipinski definition) is 1. The average Bonchev–Trinajstić information content (AvgIpc) is 2.81. The van der Waals surface area contributed by atoms with E-state index < -0.39 is 11.6 Å². The molecule has 0 amide bonds. The number of halogens is 4. The number of hydrogen-bond donors (Lipinski definition) is 0. The van der Waals surface area contributed by atoms with Crippen molar-refractivity contribution < 1.29 is 8.78 Å². The summed E-state index contributed by atoms with van der Waals surface area (Å²) in [4.78, 5) is 0. The van der Waals surface area contributed by atoms with Gasteiger partial charge in [-0.2, -0.15) is 5.10 Å². The van der Waals surface area contributed by atoms with E-state index in [4.69, 9.17) is 11.6 Å². The second kappa shape index (κ2) is 5.58. The van der Waals surface area contributed by atoms with E-state index in [9.17, 15) is 8.78 Å². The minimum atomic E-state index is -0.661. The molecule has 0 aliphatic heterocycles. The molecule has 0 aliphatic carbocycles. The predicted octanol–water partition coefficient (Wildman–Crippen LogP) is 5.23. The Bertz CT molecular complexity index is 797. The summed E-state index contributed by atoms with van der Waals surface area (Å²) in [7, 11) is 0. The van der Waals surface area contributed by atoms with Gasteiger partial charge in [0.15, 0.2) is 0 Å². The molecule has 0 radical (unpaired) electrons. The molecule has 0 saturated heterocycles. The van der Waals surface area contributed by atoms with E-state index >= 15 is 0 Å². The van der Waals surface area contributed by atoms with E-state index in [0.29, 0.717) is 15.3 Å². The van der Waals surface area contributed by atoms with Gasteiger partial charge in [0, 0.05) is 0 Å². The van der Waals surface area contributed by atoms with Crippen LogP contribution >= 0.6 is 27.5 Å². The molecule has 0 bridgehead atoms. The minimum absolute atomic E-state index is 0.163. The zero-order valence-electron chi connectivity index (χ0n) is 10.5. The van der Waals surface area contributed by atoms with Crippen LogP contribution < -0.4 is 0 Å². The van der Waals surface area contributed by atoms with Crippen molar-refractivity contribution in [1.29, 1.82) is 0 Å². The Balaban J connectivity index is 2.17. The zero-order chi connectivity index (χ0) is 15.0. The first kappa shape index (κ1) is 14.2. The monoisotopic (exact) mass is 368 g/mol. The highest BCUT2D eigenvalue weighted by Gasteiger charge is 2.17. The van der Waals surface area contributed by atoms with Gasteiger partial charge in [-0.15, -0.1) is 0 Å². The van der Waals surface area contributed by atoms with E-state index in [1.807, 2.05) is 0 Å². The first-order valence-electron chi connectivity index (χ1n) is 6.03. The van der Waals surface area contributed by atoms with E-state index in [0.717, 1.165) is 0 Å². The normalized spacial score (nSPS) is 10.9. The topological polar surface area (TPSA) is 17.8 Å². The lowest BCUT2D eigenvalue weighted by atomic mass is 10.1. The molecule has 2 nitrogen and oxygen atoms in total. The van der Waals surface area contributed by atoms with Gasteiger partial charge in [0.05, 0.1) is 22.0 Å². The van der Waals surface area contributed by atoms with Gasteiger partial charge in [-0.1, -0.05) is 29.8 Å². The van der Waals surface area contributed by atoms with Gasteiger partial charge < -0.3 is 0 Å². The fraction of sp³-hybridized carbons (Fsp3) is 0. The third kappa shape index (κ3) is 2.59. The molecule has 0 N–H and O–H groups in total. The molecule has 0 aliphatic rings. The standard InChI is InChI=1S/C15H8BrClF2N2/c16-14-8-12(15-10(18)5-3-6-11(15)19)20-21(14)13-7-2-1-4-9(13)17/h1-8H. The van der Waals surface area contributed by atoms with Crippen molar-refractivity contribution >= 4 is 27.5 Å². The molecule has 0 spiro atoms. The summed E-state index contributed by atoms with van der Waals surface area (Å²) >= 11 is 9.45. The van der Waals surface area contributed by atoms with E-state index in [2.05, 4.69) is 21.0 Å². The number of para-hydroxylation sites is 1. The van der Waals surface area contributed by atoms with Crippen LogP contribution in [0.1, 0.15) is 0 Å². The van der Waals surface area contributed by atoms with Crippen LogP contribution in [0.3, 0.4) is 0 Å². The van der Waals surface area contributed by atoms with Crippen LogP contribution in [-0.2, 0) is 0 Å². The lowest BCUT2D eigenvalue weighted by Gasteiger charge is -2.05. The van der Waals surface area contributed by atoms with Crippen molar-refractivity contribution in [3.63, 3.8) is 0 Å². The second-order valence-corrected chi connectivity index (χ2v) is 5.53. The predicted molar refractivity (Wildman–Crippen MR) is 81.6 cm³/mol. The van der Waals surface area contributed by atoms with E-state index in [-0.39, 0.29) is 11.3 Å². The lowest BCUT2D eigenvalue weighted by Crippen LogP contribution is -1.98. The molecule has 3 rings (SSSR count). The second-order valence-electron chi connectivity index (χ2n) is 4.31. The van der Waals surface area contributed by atoms with E-state index in [1.54, 1.807) is 30.3 Å². The Hall–Kier alpha value is -1.72. The quantitative estimate of drug-likeness (QED) is 0.604. The third-order valence-electron chi connectivity index (χ3n) is 2.97. The minimum Gasteiger partial charge on any atom is -0.225 e. The van der Waals surface area contributed by atoms with Gasteiger partial charge in [-0.3, -0.25) is 0 Å². The molecule has 0 saturated carbocycles. The molecule has 2 aromatic carbocycles. The van der Waals surface area contributed by atoms with Gasteiger partial charge in [-0.25, -0.2) is 13.5 Å². The summed E-state index contributed by atoms with van der Waals surface area (Å²) in [5.41, 5.74) is 0.649. The van der Waals surface area contributed by atoms with Crippen LogP contribution in [0.15, 0.2) is 53.1 Å². The Morgan fingerprint density at radius 3 is 2.33 bits per heavy atom. The fourth-order valence-electron chi connectivity index (χ4n) is 2.02. The van der Waals surface area contributed by atoms with Gasteiger partial charge in [-0.05, 0) is 46.3 Å². The van der Waals surface area contributed by atoms with Crippen LogP contribution in [0.25, 0.3) is 16.9 Å². The third-order valence-corrected chi connectivity index (χ3v) is 3.85. The maximum Gasteiger partial charge on any atom is 0.135 e. The highest BCUT2D eigenvalue weighted by molar-refractivity contribution is 9.10. The summed E-state index contributed by atoms with van der Waals surface area (Å²) in [5.74, 6) is -1.32. The highest BCUT2D eigenvalue weighted by Crippen LogP contribution is 2.30. The SMILES string of the molecule is Fc1cccc(F)c1-c1cc(Br)n(-c2ccccc2Cl)n1. The van der Waals surface area contributed by atoms with Crippen molar-refractivity contribution in [2.75, 3.05) is 0 Å². The molecular formula is C15H8BrClF2N2. The summed E-state index contributed by atoms with van der Waals surface area (Å²) in [5, 5.41) is 4.73. The lowest BCUT2D eigenvalue weighted by molar-refractivity contribution is 0.588. The molecular weight excluding hydrogens is 362 g/mol. The Labute approximate surface area is 133 Å². The van der Waals surface area contributed by atoms with Crippen LogP contribution in [-0.4, -0.2) is 9.78 Å². The maximum absolute atomic E-state index is 13.8. The molecule has 6 heteroatoms. The molecule has 0 unspecified atom stereocenters. The molecule has 3 aromatic rings. The molecule has 21 heavy (non-hydrogen) atoms. The van der Waals surface area contributed by atoms with Crippen LogP contribution in [0.4, 0.5) is 8.78 Å². The van der Waals surface area contributed by atoms with Crippen molar-refractivity contribution in [2.24, 2.45) is 0 Å². The first-order chi connectivity index (χ1) is 10.1. The average molecular weight is 370 g/mol. The number of benzene rings is 2. The molecule has 106 valence electrons. The van der Waals surface area contributed by atoms with Gasteiger partial charge in [0.2, 0.25) is 0 Å². The fourth-order valence-corrected chi connectivity index (χ4v) is 2.72. The number of nitrogens with zero attached hydrogens (tertiary/aromatic N) is 2. The van der Waals surface area contributed by atoms with Gasteiger partial charge in [0.1, 0.15) is 16.2 Å². The Kier molecular flexibility index (Phi) is 3.78. The molecule has 0 atom stereocenters. The van der Waals surface area contributed by atoms with Crippen molar-refractivity contribution in [3.05, 3.63) is 69.8 Å². The largest absolute Gasteiger partial charge is 0.225 e. The molecule has 1 heterocycles. The zero-order valence-corrected chi connectivity index (χ0v) is 12.9. The van der Waals surface area contributed by atoms with Crippen LogP contribution in [0.2, 0.25) is 5.02 Å². The highest BCUT2D eigenvalue weighted by atomic mass is 79.9. The maximum atomic E-state index is 13.8. The number of rotatable bonds is 2. The molecule has 1 aromatic heterocycles. The first-order valence-corrected chi connectivity index (χ1v) is 7.20. The van der Waals surface area contributed by atoms with Crippen molar-refractivity contribution in [2.45, 2.75) is 0 Å². The van der Waals surface area contributed by atoms with Crippen LogP contribution in [0, 0.1) is 11.6 Å². The van der Waals surface area contributed by atoms with Crippen molar-refractivity contribution in [1.82, 2.24) is 9.78 Å². The van der Waals surface area contributed by atoms with Crippen molar-refractivity contribution in [3.8, 4) is 16.9 Å².